The van der Waals surface area contributed by atoms with Crippen molar-refractivity contribution in [3.8, 4) is 0 Å². The van der Waals surface area contributed by atoms with Crippen LogP contribution in [0.3, 0.4) is 0 Å². The van der Waals surface area contributed by atoms with Crippen LogP contribution in [-0.4, -0.2) is 52.9 Å². The smallest absolute Gasteiger partial charge is 0.274 e. The Morgan fingerprint density at radius 1 is 1.13 bits per heavy atom. The van der Waals surface area contributed by atoms with Crippen molar-refractivity contribution in [1.29, 1.82) is 0 Å². The summed E-state index contributed by atoms with van der Waals surface area (Å²) in [5.74, 6) is 1.42. The van der Waals surface area contributed by atoms with Crippen molar-refractivity contribution < 1.29 is 0 Å². The van der Waals surface area contributed by atoms with Crippen molar-refractivity contribution in [2.45, 2.75) is 0 Å². The molecule has 1 aliphatic rings. The fraction of sp³-hybridized carbons (Fsp3) is 0.400. The summed E-state index contributed by atoms with van der Waals surface area (Å²) in [6, 6.07) is 5.52. The number of nitrogens with one attached hydrogen (secondary N) is 1. The summed E-state index contributed by atoms with van der Waals surface area (Å²) in [6.07, 6.45) is 1.72. The summed E-state index contributed by atoms with van der Waals surface area (Å²) < 4.78 is 2.34. The maximum Gasteiger partial charge on any atom is 0.274 e. The quantitative estimate of drug-likeness (QED) is 0.871. The van der Waals surface area contributed by atoms with E-state index in [1.54, 1.807) is 19.3 Å². The lowest BCUT2D eigenvalue weighted by Gasteiger charge is -2.32. The Bertz CT molecular complexity index is 737. The van der Waals surface area contributed by atoms with E-state index in [1.807, 2.05) is 12.1 Å². The largest absolute Gasteiger partial charge is 0.353 e. The molecule has 7 nitrogen and oxygen atoms in total. The zero-order chi connectivity index (χ0) is 16.4. The lowest BCUT2D eigenvalue weighted by atomic mass is 10.3. The van der Waals surface area contributed by atoms with Gasteiger partial charge in [0.2, 0.25) is 0 Å². The zero-order valence-corrected chi connectivity index (χ0v) is 14.7. The molecular formula is C15H19BrN6O. The summed E-state index contributed by atoms with van der Waals surface area (Å²) >= 11 is 3.38. The molecule has 122 valence electrons. The number of aromatic nitrogens is 3. The maximum atomic E-state index is 12.1. The summed E-state index contributed by atoms with van der Waals surface area (Å²) in [6.45, 7) is 3.94. The molecule has 0 radical (unpaired) electrons. The molecule has 0 amide bonds. The molecule has 8 heteroatoms. The SMILES string of the molecule is CN1CCN(c2ccc(Nc3cc(Br)cn(C)c3=O)nn2)CC1. The number of piperazine rings is 1. The molecule has 1 N–H and O–H groups in total. The number of halogens is 1. The highest BCUT2D eigenvalue weighted by atomic mass is 79.9. The lowest BCUT2D eigenvalue weighted by Crippen LogP contribution is -2.44. The van der Waals surface area contributed by atoms with E-state index >= 15 is 0 Å². The van der Waals surface area contributed by atoms with Gasteiger partial charge >= 0.3 is 0 Å². The summed E-state index contributed by atoms with van der Waals surface area (Å²) in [5.41, 5.74) is 0.349. The van der Waals surface area contributed by atoms with Gasteiger partial charge in [-0.05, 0) is 41.2 Å². The molecule has 0 aliphatic carbocycles. The number of aryl methyl sites for hydroxylation is 1. The minimum atomic E-state index is -0.113. The van der Waals surface area contributed by atoms with Crippen molar-refractivity contribution in [3.63, 3.8) is 0 Å². The number of hydrogen-bond donors (Lipinski definition) is 1. The molecule has 0 spiro atoms. The molecule has 2 aromatic heterocycles. The summed E-state index contributed by atoms with van der Waals surface area (Å²) in [4.78, 5) is 16.6. The van der Waals surface area contributed by atoms with Gasteiger partial charge in [-0.3, -0.25) is 4.79 Å². The summed E-state index contributed by atoms with van der Waals surface area (Å²) in [5, 5.41) is 11.5. The van der Waals surface area contributed by atoms with E-state index in [0.717, 1.165) is 36.5 Å². The Labute approximate surface area is 143 Å². The Hall–Kier alpha value is -1.93. The van der Waals surface area contributed by atoms with Crippen LogP contribution in [0.1, 0.15) is 0 Å². The molecule has 0 saturated carbocycles. The second-order valence-corrected chi connectivity index (χ2v) is 6.60. The van der Waals surface area contributed by atoms with Crippen LogP contribution >= 0.6 is 15.9 Å². The van der Waals surface area contributed by atoms with Gasteiger partial charge in [0.25, 0.3) is 5.56 Å². The van der Waals surface area contributed by atoms with Crippen molar-refractivity contribution in [2.75, 3.05) is 43.4 Å². The van der Waals surface area contributed by atoms with Gasteiger partial charge in [0, 0.05) is 43.9 Å². The van der Waals surface area contributed by atoms with Crippen molar-refractivity contribution in [3.05, 3.63) is 39.2 Å². The Morgan fingerprint density at radius 2 is 1.87 bits per heavy atom. The second-order valence-electron chi connectivity index (χ2n) is 5.68. The van der Waals surface area contributed by atoms with Gasteiger partial charge in [0.1, 0.15) is 5.69 Å². The van der Waals surface area contributed by atoms with Crippen LogP contribution in [0, 0.1) is 0 Å². The number of pyridine rings is 1. The van der Waals surface area contributed by atoms with E-state index in [2.05, 4.69) is 48.3 Å². The lowest BCUT2D eigenvalue weighted by molar-refractivity contribution is 0.312. The van der Waals surface area contributed by atoms with Crippen molar-refractivity contribution in [1.82, 2.24) is 19.7 Å². The fourth-order valence-corrected chi connectivity index (χ4v) is 3.03. The number of rotatable bonds is 3. The second kappa shape index (κ2) is 6.67. The highest BCUT2D eigenvalue weighted by molar-refractivity contribution is 9.10. The van der Waals surface area contributed by atoms with Gasteiger partial charge in [-0.2, -0.15) is 0 Å². The molecule has 3 rings (SSSR count). The molecular weight excluding hydrogens is 360 g/mol. The highest BCUT2D eigenvalue weighted by Gasteiger charge is 2.15. The van der Waals surface area contributed by atoms with Crippen LogP contribution in [0.15, 0.2) is 33.7 Å². The number of likely N-dealkylation sites (N-methyl/N-ethyl adjacent to an activating group) is 1. The fourth-order valence-electron chi connectivity index (χ4n) is 2.49. The minimum Gasteiger partial charge on any atom is -0.353 e. The molecule has 0 atom stereocenters. The molecule has 3 heterocycles. The highest BCUT2D eigenvalue weighted by Crippen LogP contribution is 2.17. The van der Waals surface area contributed by atoms with E-state index in [-0.39, 0.29) is 5.56 Å². The Morgan fingerprint density at radius 3 is 2.52 bits per heavy atom. The van der Waals surface area contributed by atoms with Gasteiger partial charge in [-0.15, -0.1) is 10.2 Å². The topological polar surface area (TPSA) is 66.3 Å². The number of hydrogen-bond acceptors (Lipinski definition) is 6. The van der Waals surface area contributed by atoms with Gasteiger partial charge in [0.15, 0.2) is 11.6 Å². The van der Waals surface area contributed by atoms with Crippen LogP contribution in [0.25, 0.3) is 0 Å². The summed E-state index contributed by atoms with van der Waals surface area (Å²) in [7, 11) is 3.83. The standard InChI is InChI=1S/C15H19BrN6O/c1-20-5-7-22(8-6-20)14-4-3-13(18-19-14)17-12-9-11(16)10-21(2)15(12)23/h3-4,9-10H,5-8H2,1-2H3,(H,17,18). The van der Waals surface area contributed by atoms with Gasteiger partial charge < -0.3 is 19.7 Å². The zero-order valence-electron chi connectivity index (χ0n) is 13.2. The predicted octanol–water partition coefficient (Wildman–Crippen LogP) is 1.43. The van der Waals surface area contributed by atoms with Crippen LogP contribution in [0.2, 0.25) is 0 Å². The third-order valence-corrected chi connectivity index (χ3v) is 4.32. The molecule has 1 fully saturated rings. The van der Waals surface area contributed by atoms with E-state index < -0.39 is 0 Å². The molecule has 0 bridgehead atoms. The van der Waals surface area contributed by atoms with E-state index in [1.165, 1.54) is 4.57 Å². The molecule has 0 aromatic carbocycles. The average Bonchev–Trinajstić information content (AvgIpc) is 2.54. The van der Waals surface area contributed by atoms with Crippen LogP contribution in [-0.2, 0) is 7.05 Å². The molecule has 23 heavy (non-hydrogen) atoms. The molecule has 1 aliphatic heterocycles. The van der Waals surface area contributed by atoms with Gasteiger partial charge in [-0.25, -0.2) is 0 Å². The van der Waals surface area contributed by atoms with Crippen molar-refractivity contribution in [2.24, 2.45) is 7.05 Å². The first kappa shape index (κ1) is 15.9. The van der Waals surface area contributed by atoms with Crippen LogP contribution in [0.4, 0.5) is 17.3 Å². The third-order valence-electron chi connectivity index (χ3n) is 3.89. The van der Waals surface area contributed by atoms with E-state index in [4.69, 9.17) is 0 Å². The van der Waals surface area contributed by atoms with E-state index in [0.29, 0.717) is 11.5 Å². The average molecular weight is 379 g/mol. The maximum absolute atomic E-state index is 12.1. The molecule has 0 unspecified atom stereocenters. The number of nitrogens with zero attached hydrogens (tertiary/aromatic N) is 5. The minimum absolute atomic E-state index is 0.113. The van der Waals surface area contributed by atoms with E-state index in [9.17, 15) is 4.79 Å². The normalized spacial score (nSPS) is 15.7. The first-order chi connectivity index (χ1) is 11.0. The molecule has 2 aromatic rings. The first-order valence-corrected chi connectivity index (χ1v) is 8.22. The first-order valence-electron chi connectivity index (χ1n) is 7.43. The Balaban J connectivity index is 1.74. The van der Waals surface area contributed by atoms with Crippen LogP contribution in [0.5, 0.6) is 0 Å². The van der Waals surface area contributed by atoms with Crippen LogP contribution < -0.4 is 15.8 Å². The molecule has 1 saturated heterocycles. The Kier molecular flexibility index (Phi) is 4.63. The predicted molar refractivity (Wildman–Crippen MR) is 94.4 cm³/mol. The third kappa shape index (κ3) is 3.70. The number of anilines is 3. The monoisotopic (exact) mass is 378 g/mol. The van der Waals surface area contributed by atoms with Gasteiger partial charge in [-0.1, -0.05) is 0 Å². The van der Waals surface area contributed by atoms with Crippen molar-refractivity contribution >= 4 is 33.3 Å². The van der Waals surface area contributed by atoms with Gasteiger partial charge in [0.05, 0.1) is 0 Å².